The first-order valence-electron chi connectivity index (χ1n) is 11.1. The minimum Gasteiger partial charge on any atom is -0.457 e. The Hall–Kier alpha value is -4.72. The third kappa shape index (κ3) is 4.67. The first-order valence-corrected chi connectivity index (χ1v) is 11.1. The minimum absolute atomic E-state index is 0.0532. The summed E-state index contributed by atoms with van der Waals surface area (Å²) in [5.74, 6) is 0.406. The van der Waals surface area contributed by atoms with Crippen molar-refractivity contribution in [3.05, 3.63) is 101 Å². The van der Waals surface area contributed by atoms with E-state index in [0.29, 0.717) is 17.1 Å². The number of anilines is 2. The van der Waals surface area contributed by atoms with Gasteiger partial charge in [-0.05, 0) is 47.9 Å². The Balaban J connectivity index is 1.22. The number of carbonyl (C=O) groups excluding carboxylic acids is 2. The van der Waals surface area contributed by atoms with Gasteiger partial charge in [0.15, 0.2) is 0 Å². The molecule has 1 aliphatic rings. The molecule has 2 amide bonds. The Bertz CT molecular complexity index is 1410. The van der Waals surface area contributed by atoms with E-state index in [1.54, 1.807) is 24.3 Å². The Morgan fingerprint density at radius 1 is 0.943 bits per heavy atom. The van der Waals surface area contributed by atoms with Crippen LogP contribution in [0.3, 0.4) is 0 Å². The Morgan fingerprint density at radius 2 is 1.66 bits per heavy atom. The number of fused-ring (bicyclic) bond motifs is 1. The molecule has 1 fully saturated rings. The number of nitro benzene ring substituents is 1. The van der Waals surface area contributed by atoms with Crippen molar-refractivity contribution >= 4 is 39.6 Å². The smallest absolute Gasteiger partial charge is 0.269 e. The molecule has 35 heavy (non-hydrogen) atoms. The lowest BCUT2D eigenvalue weighted by Gasteiger charge is -2.16. The lowest BCUT2D eigenvalue weighted by molar-refractivity contribution is -0.384. The Morgan fingerprint density at radius 3 is 2.40 bits per heavy atom. The highest BCUT2D eigenvalue weighted by Gasteiger charge is 2.35. The van der Waals surface area contributed by atoms with Crippen molar-refractivity contribution in [2.45, 2.75) is 6.42 Å². The van der Waals surface area contributed by atoms with E-state index < -0.39 is 10.8 Å². The van der Waals surface area contributed by atoms with Crippen LogP contribution in [0.2, 0.25) is 0 Å². The summed E-state index contributed by atoms with van der Waals surface area (Å²) in [4.78, 5) is 37.1. The van der Waals surface area contributed by atoms with Crippen molar-refractivity contribution in [1.82, 2.24) is 0 Å². The molecule has 0 radical (unpaired) electrons. The largest absolute Gasteiger partial charge is 0.457 e. The van der Waals surface area contributed by atoms with Gasteiger partial charge in [0.1, 0.15) is 11.5 Å². The fraction of sp³-hybridized carbons (Fsp3) is 0.111. The van der Waals surface area contributed by atoms with Crippen molar-refractivity contribution in [3.63, 3.8) is 0 Å². The SMILES string of the molecule is O=C(Nc1ccc(Oc2cccc3ccccc23)cc1)[C@@H]1CC(=O)N(c2ccc([N+](=O)[O-])cc2)C1. The molecule has 4 aromatic carbocycles. The van der Waals surface area contributed by atoms with Crippen molar-refractivity contribution in [1.29, 1.82) is 0 Å². The zero-order valence-electron chi connectivity index (χ0n) is 18.6. The average Bonchev–Trinajstić information content (AvgIpc) is 3.27. The number of benzene rings is 4. The molecule has 5 rings (SSSR count). The third-order valence-electron chi connectivity index (χ3n) is 5.97. The average molecular weight is 467 g/mol. The summed E-state index contributed by atoms with van der Waals surface area (Å²) >= 11 is 0. The second-order valence-corrected chi connectivity index (χ2v) is 8.27. The van der Waals surface area contributed by atoms with Crippen molar-refractivity contribution < 1.29 is 19.2 Å². The molecule has 174 valence electrons. The van der Waals surface area contributed by atoms with Crippen LogP contribution in [-0.2, 0) is 9.59 Å². The van der Waals surface area contributed by atoms with Crippen LogP contribution in [0.5, 0.6) is 11.5 Å². The van der Waals surface area contributed by atoms with E-state index in [9.17, 15) is 19.7 Å². The molecule has 1 aliphatic heterocycles. The summed E-state index contributed by atoms with van der Waals surface area (Å²) < 4.78 is 6.05. The number of hydrogen-bond acceptors (Lipinski definition) is 5. The summed E-state index contributed by atoms with van der Waals surface area (Å²) in [6.07, 6.45) is 0.0745. The summed E-state index contributed by atoms with van der Waals surface area (Å²) in [5, 5.41) is 15.8. The number of ether oxygens (including phenoxy) is 1. The molecule has 0 unspecified atom stereocenters. The summed E-state index contributed by atoms with van der Waals surface area (Å²) in [5.41, 5.74) is 1.08. The van der Waals surface area contributed by atoms with Gasteiger partial charge in [-0.3, -0.25) is 19.7 Å². The molecule has 0 aromatic heterocycles. The van der Waals surface area contributed by atoms with E-state index in [4.69, 9.17) is 4.74 Å². The number of nitrogens with one attached hydrogen (secondary N) is 1. The quantitative estimate of drug-likeness (QED) is 0.297. The predicted octanol–water partition coefficient (Wildman–Crippen LogP) is 5.53. The zero-order valence-corrected chi connectivity index (χ0v) is 18.6. The molecule has 4 aromatic rings. The molecule has 0 spiro atoms. The highest BCUT2D eigenvalue weighted by atomic mass is 16.6. The fourth-order valence-corrected chi connectivity index (χ4v) is 4.15. The third-order valence-corrected chi connectivity index (χ3v) is 5.97. The number of nitro groups is 1. The van der Waals surface area contributed by atoms with E-state index in [1.807, 2.05) is 42.5 Å². The number of nitrogens with zero attached hydrogens (tertiary/aromatic N) is 2. The van der Waals surface area contributed by atoms with Gasteiger partial charge in [0, 0.05) is 41.9 Å². The molecule has 1 heterocycles. The topological polar surface area (TPSA) is 102 Å². The maximum Gasteiger partial charge on any atom is 0.269 e. The number of non-ortho nitro benzene ring substituents is 1. The lowest BCUT2D eigenvalue weighted by atomic mass is 10.1. The first-order chi connectivity index (χ1) is 17.0. The summed E-state index contributed by atoms with van der Waals surface area (Å²) in [6, 6.07) is 26.6. The van der Waals surface area contributed by atoms with Gasteiger partial charge in [-0.2, -0.15) is 0 Å². The monoisotopic (exact) mass is 467 g/mol. The first kappa shape index (κ1) is 22.1. The second kappa shape index (κ2) is 9.26. The van der Waals surface area contributed by atoms with Gasteiger partial charge in [0.2, 0.25) is 11.8 Å². The number of carbonyl (C=O) groups is 2. The highest BCUT2D eigenvalue weighted by Crippen LogP contribution is 2.31. The van der Waals surface area contributed by atoms with Gasteiger partial charge >= 0.3 is 0 Å². The van der Waals surface area contributed by atoms with Crippen LogP contribution in [0, 0.1) is 16.0 Å². The van der Waals surface area contributed by atoms with Crippen LogP contribution in [0.4, 0.5) is 17.1 Å². The standard InChI is InChI=1S/C27H21N3O5/c31-26-16-19(17-29(26)21-10-12-22(13-11-21)30(33)34)27(32)28-20-8-14-23(15-9-20)35-25-7-3-5-18-4-1-2-6-24(18)25/h1-15,19H,16-17H2,(H,28,32)/t19-/m1/s1. The van der Waals surface area contributed by atoms with E-state index in [1.165, 1.54) is 29.2 Å². The van der Waals surface area contributed by atoms with Crippen molar-refractivity contribution in [3.8, 4) is 11.5 Å². The van der Waals surface area contributed by atoms with Crippen LogP contribution >= 0.6 is 0 Å². The predicted molar refractivity (Wildman–Crippen MR) is 133 cm³/mol. The number of amides is 2. The van der Waals surface area contributed by atoms with E-state index >= 15 is 0 Å². The molecule has 1 N–H and O–H groups in total. The molecular formula is C27H21N3O5. The minimum atomic E-state index is -0.524. The van der Waals surface area contributed by atoms with Crippen LogP contribution in [-0.4, -0.2) is 23.3 Å². The van der Waals surface area contributed by atoms with Gasteiger partial charge in [-0.15, -0.1) is 0 Å². The van der Waals surface area contributed by atoms with Crippen LogP contribution in [0.15, 0.2) is 91.0 Å². The molecule has 0 bridgehead atoms. The van der Waals surface area contributed by atoms with E-state index in [0.717, 1.165) is 16.5 Å². The van der Waals surface area contributed by atoms with Crippen LogP contribution in [0.1, 0.15) is 6.42 Å². The summed E-state index contributed by atoms with van der Waals surface area (Å²) in [7, 11) is 0. The normalized spacial score (nSPS) is 15.3. The molecular weight excluding hydrogens is 446 g/mol. The molecule has 1 saturated heterocycles. The molecule has 1 atom stereocenters. The van der Waals surface area contributed by atoms with Gasteiger partial charge in [0.25, 0.3) is 5.69 Å². The van der Waals surface area contributed by atoms with E-state index in [2.05, 4.69) is 5.32 Å². The van der Waals surface area contributed by atoms with E-state index in [-0.39, 0.29) is 30.5 Å². The lowest BCUT2D eigenvalue weighted by Crippen LogP contribution is -2.28. The summed E-state index contributed by atoms with van der Waals surface area (Å²) in [6.45, 7) is 0.213. The zero-order chi connectivity index (χ0) is 24.4. The molecule has 0 aliphatic carbocycles. The fourth-order valence-electron chi connectivity index (χ4n) is 4.15. The maximum atomic E-state index is 12.8. The van der Waals surface area contributed by atoms with Gasteiger partial charge in [-0.1, -0.05) is 36.4 Å². The van der Waals surface area contributed by atoms with Gasteiger partial charge in [-0.25, -0.2) is 0 Å². The number of hydrogen-bond donors (Lipinski definition) is 1. The maximum absolute atomic E-state index is 12.8. The Labute approximate surface area is 200 Å². The second-order valence-electron chi connectivity index (χ2n) is 8.27. The molecule has 8 nitrogen and oxygen atoms in total. The highest BCUT2D eigenvalue weighted by molar-refractivity contribution is 6.03. The van der Waals surface area contributed by atoms with Gasteiger partial charge < -0.3 is 15.0 Å². The Kier molecular flexibility index (Phi) is 5.85. The van der Waals surface area contributed by atoms with Crippen LogP contribution < -0.4 is 15.0 Å². The van der Waals surface area contributed by atoms with Crippen molar-refractivity contribution in [2.75, 3.05) is 16.8 Å². The molecule has 0 saturated carbocycles. The van der Waals surface area contributed by atoms with Gasteiger partial charge in [0.05, 0.1) is 10.8 Å². The van der Waals surface area contributed by atoms with Crippen molar-refractivity contribution in [2.24, 2.45) is 5.92 Å². The molecule has 8 heteroatoms. The number of rotatable bonds is 6. The van der Waals surface area contributed by atoms with Crippen LogP contribution in [0.25, 0.3) is 10.8 Å².